The lowest BCUT2D eigenvalue weighted by Gasteiger charge is -2.39. The van der Waals surface area contributed by atoms with Gasteiger partial charge in [0.05, 0.1) is 12.1 Å². The molecule has 1 aliphatic heterocycles. The first kappa shape index (κ1) is 15.0. The molecule has 0 bridgehead atoms. The number of fused-ring (bicyclic) bond motifs is 1. The number of hydrogen-bond acceptors (Lipinski definition) is 8. The van der Waals surface area contributed by atoms with Crippen LogP contribution in [0.25, 0.3) is 11.1 Å². The molecule has 5 N–H and O–H groups in total. The van der Waals surface area contributed by atoms with Crippen molar-refractivity contribution in [3.8, 4) is 5.75 Å². The van der Waals surface area contributed by atoms with Gasteiger partial charge in [-0.15, -0.1) is 0 Å². The monoisotopic (exact) mass is 313 g/mol. The second-order valence-corrected chi connectivity index (χ2v) is 4.99. The van der Waals surface area contributed by atoms with Crippen LogP contribution in [0.5, 0.6) is 5.75 Å². The summed E-state index contributed by atoms with van der Waals surface area (Å²) in [5, 5.41) is 38.4. The van der Waals surface area contributed by atoms with Crippen molar-refractivity contribution in [2.24, 2.45) is 0 Å². The summed E-state index contributed by atoms with van der Waals surface area (Å²) < 4.78 is 15.5. The van der Waals surface area contributed by atoms with E-state index in [2.05, 4.69) is 4.98 Å². The number of aromatic amines is 1. The number of aliphatic hydroxyl groups excluding tert-OH is 4. The van der Waals surface area contributed by atoms with Crippen LogP contribution in [0.2, 0.25) is 0 Å². The van der Waals surface area contributed by atoms with Crippen molar-refractivity contribution >= 4 is 11.1 Å². The smallest absolute Gasteiger partial charge is 0.417 e. The van der Waals surface area contributed by atoms with Gasteiger partial charge in [0.1, 0.15) is 30.2 Å². The van der Waals surface area contributed by atoms with Crippen LogP contribution in [0.3, 0.4) is 0 Å². The SMILES string of the molecule is O=c1[nH]c2ccc(O[C@@H]3O[C@H](CO)[C@@H](O)[C@H](O)[C@H]3O)cc2o1. The first-order valence-corrected chi connectivity index (χ1v) is 6.59. The van der Waals surface area contributed by atoms with Crippen molar-refractivity contribution < 1.29 is 34.3 Å². The molecule has 9 heteroatoms. The number of rotatable bonds is 3. The number of H-pyrrole nitrogens is 1. The minimum absolute atomic E-state index is 0.222. The molecule has 0 spiro atoms. The molecule has 2 heterocycles. The molecule has 120 valence electrons. The van der Waals surface area contributed by atoms with E-state index in [-0.39, 0.29) is 11.3 Å². The predicted octanol–water partition coefficient (Wildman–Crippen LogP) is -1.70. The van der Waals surface area contributed by atoms with E-state index < -0.39 is 43.1 Å². The van der Waals surface area contributed by atoms with Gasteiger partial charge in [-0.05, 0) is 12.1 Å². The molecule has 9 nitrogen and oxygen atoms in total. The molecule has 0 aliphatic carbocycles. The van der Waals surface area contributed by atoms with Gasteiger partial charge in [-0.2, -0.15) is 0 Å². The normalized spacial score (nSPS) is 32.3. The van der Waals surface area contributed by atoms with Crippen LogP contribution in [-0.4, -0.2) is 62.7 Å². The Labute approximate surface area is 123 Å². The number of ether oxygens (including phenoxy) is 2. The zero-order valence-electron chi connectivity index (χ0n) is 11.2. The molecule has 0 unspecified atom stereocenters. The van der Waals surface area contributed by atoms with E-state index in [1.807, 2.05) is 0 Å². The maximum absolute atomic E-state index is 11.1. The molecule has 1 aromatic carbocycles. The lowest BCUT2D eigenvalue weighted by atomic mass is 9.99. The number of aliphatic hydroxyl groups is 4. The van der Waals surface area contributed by atoms with Gasteiger partial charge < -0.3 is 34.3 Å². The van der Waals surface area contributed by atoms with Crippen molar-refractivity contribution in [2.75, 3.05) is 6.61 Å². The Kier molecular flexibility index (Phi) is 3.89. The molecule has 1 fully saturated rings. The standard InChI is InChI=1S/C13H15NO8/c15-4-8-9(16)10(17)11(18)12(21-8)20-5-1-2-6-7(3-5)22-13(19)14-6/h1-3,8-12,15-18H,4H2,(H,14,19)/t8-,9-,10+,11-,12-/m1/s1. The third kappa shape index (κ3) is 2.60. The molecule has 3 rings (SSSR count). The van der Waals surface area contributed by atoms with E-state index in [4.69, 9.17) is 19.0 Å². The number of aromatic nitrogens is 1. The average molecular weight is 313 g/mol. The van der Waals surface area contributed by atoms with E-state index in [0.29, 0.717) is 5.52 Å². The quantitative estimate of drug-likeness (QED) is 0.451. The predicted molar refractivity (Wildman–Crippen MR) is 71.2 cm³/mol. The third-order valence-corrected chi connectivity index (χ3v) is 3.49. The van der Waals surface area contributed by atoms with Crippen molar-refractivity contribution in [2.45, 2.75) is 30.7 Å². The van der Waals surface area contributed by atoms with Crippen LogP contribution in [0.1, 0.15) is 0 Å². The Morgan fingerprint density at radius 2 is 1.95 bits per heavy atom. The Hall–Kier alpha value is -1.91. The second kappa shape index (κ2) is 5.71. The van der Waals surface area contributed by atoms with Crippen molar-refractivity contribution in [1.82, 2.24) is 4.98 Å². The van der Waals surface area contributed by atoms with E-state index in [1.165, 1.54) is 12.1 Å². The van der Waals surface area contributed by atoms with Gasteiger partial charge in [0.15, 0.2) is 5.58 Å². The van der Waals surface area contributed by atoms with Crippen LogP contribution < -0.4 is 10.5 Å². The molecular formula is C13H15NO8. The molecule has 0 radical (unpaired) electrons. The highest BCUT2D eigenvalue weighted by Crippen LogP contribution is 2.25. The number of benzene rings is 1. The topological polar surface area (TPSA) is 145 Å². The summed E-state index contributed by atoms with van der Waals surface area (Å²) in [6, 6.07) is 4.46. The fourth-order valence-corrected chi connectivity index (χ4v) is 2.30. The largest absolute Gasteiger partial charge is 0.462 e. The van der Waals surface area contributed by atoms with Crippen LogP contribution >= 0.6 is 0 Å². The van der Waals surface area contributed by atoms with Crippen LogP contribution in [0.15, 0.2) is 27.4 Å². The zero-order chi connectivity index (χ0) is 15.9. The highest BCUT2D eigenvalue weighted by molar-refractivity contribution is 5.73. The van der Waals surface area contributed by atoms with Gasteiger partial charge in [0.25, 0.3) is 0 Å². The first-order valence-electron chi connectivity index (χ1n) is 6.59. The fraction of sp³-hybridized carbons (Fsp3) is 0.462. The molecule has 1 aliphatic rings. The fourth-order valence-electron chi connectivity index (χ4n) is 2.30. The molecule has 1 aromatic heterocycles. The van der Waals surface area contributed by atoms with E-state index in [0.717, 1.165) is 0 Å². The summed E-state index contributed by atoms with van der Waals surface area (Å²) in [5.41, 5.74) is 0.734. The summed E-state index contributed by atoms with van der Waals surface area (Å²) in [5.74, 6) is -0.389. The molecular weight excluding hydrogens is 298 g/mol. The third-order valence-electron chi connectivity index (χ3n) is 3.49. The summed E-state index contributed by atoms with van der Waals surface area (Å²) in [6.07, 6.45) is -6.84. The van der Waals surface area contributed by atoms with E-state index in [9.17, 15) is 20.1 Å². The van der Waals surface area contributed by atoms with Gasteiger partial charge in [0.2, 0.25) is 6.29 Å². The highest BCUT2D eigenvalue weighted by Gasteiger charge is 2.44. The van der Waals surface area contributed by atoms with Crippen LogP contribution in [0.4, 0.5) is 0 Å². The molecule has 22 heavy (non-hydrogen) atoms. The molecule has 5 atom stereocenters. The van der Waals surface area contributed by atoms with E-state index in [1.54, 1.807) is 6.07 Å². The Bertz CT molecular complexity index is 707. The Balaban J connectivity index is 1.81. The molecule has 2 aromatic rings. The van der Waals surface area contributed by atoms with Gasteiger partial charge in [-0.3, -0.25) is 4.98 Å². The van der Waals surface area contributed by atoms with Gasteiger partial charge in [-0.25, -0.2) is 4.79 Å². The van der Waals surface area contributed by atoms with Gasteiger partial charge >= 0.3 is 5.76 Å². The van der Waals surface area contributed by atoms with Crippen molar-refractivity contribution in [3.63, 3.8) is 0 Å². The second-order valence-electron chi connectivity index (χ2n) is 4.99. The van der Waals surface area contributed by atoms with Gasteiger partial charge in [-0.1, -0.05) is 0 Å². The summed E-state index contributed by atoms with van der Waals surface area (Å²) in [4.78, 5) is 13.5. The van der Waals surface area contributed by atoms with Crippen molar-refractivity contribution in [1.29, 1.82) is 0 Å². The maximum Gasteiger partial charge on any atom is 0.417 e. The lowest BCUT2D eigenvalue weighted by Crippen LogP contribution is -2.60. The summed E-state index contributed by atoms with van der Waals surface area (Å²) in [6.45, 7) is -0.545. The maximum atomic E-state index is 11.1. The minimum Gasteiger partial charge on any atom is -0.462 e. The summed E-state index contributed by atoms with van der Waals surface area (Å²) >= 11 is 0. The number of hydrogen-bond donors (Lipinski definition) is 5. The Morgan fingerprint density at radius 3 is 2.68 bits per heavy atom. The first-order chi connectivity index (χ1) is 10.5. The highest BCUT2D eigenvalue weighted by atomic mass is 16.7. The number of oxazole rings is 1. The zero-order valence-corrected chi connectivity index (χ0v) is 11.2. The minimum atomic E-state index is -1.52. The summed E-state index contributed by atoms with van der Waals surface area (Å²) in [7, 11) is 0. The van der Waals surface area contributed by atoms with Gasteiger partial charge in [0, 0.05) is 6.07 Å². The van der Waals surface area contributed by atoms with Crippen LogP contribution in [0, 0.1) is 0 Å². The molecule has 0 saturated carbocycles. The molecule has 0 amide bonds. The lowest BCUT2D eigenvalue weighted by molar-refractivity contribution is -0.277. The number of nitrogens with one attached hydrogen (secondary N) is 1. The van der Waals surface area contributed by atoms with Crippen LogP contribution in [-0.2, 0) is 4.74 Å². The average Bonchev–Trinajstić information content (AvgIpc) is 2.87. The molecule has 1 saturated heterocycles. The Morgan fingerprint density at radius 1 is 1.18 bits per heavy atom. The van der Waals surface area contributed by atoms with Crippen molar-refractivity contribution in [3.05, 3.63) is 28.7 Å². The van der Waals surface area contributed by atoms with E-state index >= 15 is 0 Å².